The van der Waals surface area contributed by atoms with Crippen molar-refractivity contribution in [1.29, 1.82) is 0 Å². The van der Waals surface area contributed by atoms with Crippen LogP contribution in [0.3, 0.4) is 0 Å². The number of fused-ring (bicyclic) bond motifs is 4. The molecule has 0 spiro atoms. The number of hydrogen-bond donors (Lipinski definition) is 0. The molecule has 2 nitrogen and oxygen atoms in total. The summed E-state index contributed by atoms with van der Waals surface area (Å²) in [5, 5.41) is 2.31. The predicted molar refractivity (Wildman–Crippen MR) is 76.3 cm³/mol. The normalized spacial score (nSPS) is 23.2. The van der Waals surface area contributed by atoms with Crippen LogP contribution in [0.2, 0.25) is 0 Å². The first-order chi connectivity index (χ1) is 9.34. The number of hydrogen-bond acceptors (Lipinski definition) is 2. The summed E-state index contributed by atoms with van der Waals surface area (Å²) in [4.78, 5) is 15.2. The van der Waals surface area contributed by atoms with Crippen molar-refractivity contribution in [3.8, 4) is 0 Å². The third-order valence-electron chi connectivity index (χ3n) is 4.55. The van der Waals surface area contributed by atoms with E-state index in [-0.39, 0.29) is 6.04 Å². The molecule has 2 heteroatoms. The summed E-state index contributed by atoms with van der Waals surface area (Å²) in [7, 11) is 0. The van der Waals surface area contributed by atoms with Gasteiger partial charge in [-0.25, -0.2) is 0 Å². The zero-order chi connectivity index (χ0) is 12.8. The Morgan fingerprint density at radius 1 is 1.05 bits per heavy atom. The summed E-state index contributed by atoms with van der Waals surface area (Å²) >= 11 is 0. The zero-order valence-electron chi connectivity index (χ0n) is 10.9. The van der Waals surface area contributed by atoms with Gasteiger partial charge in [-0.2, -0.15) is 0 Å². The third-order valence-corrected chi connectivity index (χ3v) is 4.55. The first-order valence-electron chi connectivity index (χ1n) is 7.13. The van der Waals surface area contributed by atoms with Crippen molar-refractivity contribution in [2.75, 3.05) is 6.54 Å². The lowest BCUT2D eigenvalue weighted by Crippen LogP contribution is -2.47. The molecule has 1 saturated heterocycles. The van der Waals surface area contributed by atoms with Gasteiger partial charge in [-0.3, -0.25) is 9.69 Å². The monoisotopic (exact) mass is 251 g/mol. The molecule has 0 aliphatic carbocycles. The van der Waals surface area contributed by atoms with Crippen LogP contribution in [-0.4, -0.2) is 23.3 Å². The van der Waals surface area contributed by atoms with E-state index in [2.05, 4.69) is 29.2 Å². The Balaban J connectivity index is 1.93. The number of Topliss-reactive ketones (excluding diaryl/α,β-unsaturated/α-hetero) is 1. The van der Waals surface area contributed by atoms with Crippen LogP contribution in [-0.2, 0) is 6.54 Å². The Kier molecular flexibility index (Phi) is 2.46. The molecule has 0 amide bonds. The average molecular weight is 251 g/mol. The Labute approximate surface area is 113 Å². The number of ketones is 1. The standard InChI is InChI=1S/C17H17NO/c19-17-15-7-3-4-10-18(15)11-13-9-8-12-5-1-2-6-14(12)16(13)17/h1-2,5-6,8-9,15H,3-4,7,10-11H2. The Morgan fingerprint density at radius 3 is 2.89 bits per heavy atom. The summed E-state index contributed by atoms with van der Waals surface area (Å²) in [6.07, 6.45) is 3.45. The van der Waals surface area contributed by atoms with Crippen LogP contribution in [0.15, 0.2) is 36.4 Å². The molecule has 0 bridgehead atoms. The number of nitrogens with zero attached hydrogens (tertiary/aromatic N) is 1. The van der Waals surface area contributed by atoms with Gasteiger partial charge in [-0.05, 0) is 35.7 Å². The molecule has 0 aromatic heterocycles. The Morgan fingerprint density at radius 2 is 1.95 bits per heavy atom. The van der Waals surface area contributed by atoms with Crippen molar-refractivity contribution in [3.05, 3.63) is 47.5 Å². The van der Waals surface area contributed by atoms with Crippen molar-refractivity contribution in [3.63, 3.8) is 0 Å². The van der Waals surface area contributed by atoms with Crippen LogP contribution in [0, 0.1) is 0 Å². The smallest absolute Gasteiger partial charge is 0.180 e. The van der Waals surface area contributed by atoms with Crippen LogP contribution in [0.25, 0.3) is 10.8 Å². The van der Waals surface area contributed by atoms with Gasteiger partial charge in [-0.15, -0.1) is 0 Å². The largest absolute Gasteiger partial charge is 0.292 e. The van der Waals surface area contributed by atoms with Crippen LogP contribution in [0.5, 0.6) is 0 Å². The number of carbonyl (C=O) groups excluding carboxylic acids is 1. The highest BCUT2D eigenvalue weighted by Gasteiger charge is 2.35. The van der Waals surface area contributed by atoms with Crippen LogP contribution in [0.4, 0.5) is 0 Å². The Bertz CT molecular complexity index is 661. The SMILES string of the molecule is O=C1c2c(ccc3ccccc23)CN2CCCCC12. The maximum atomic E-state index is 12.8. The molecule has 0 radical (unpaired) electrons. The average Bonchev–Trinajstić information content (AvgIpc) is 2.47. The van der Waals surface area contributed by atoms with Gasteiger partial charge in [0.1, 0.15) is 0 Å². The van der Waals surface area contributed by atoms with E-state index < -0.39 is 0 Å². The first kappa shape index (κ1) is 11.2. The summed E-state index contributed by atoms with van der Waals surface area (Å²) in [6.45, 7) is 2.01. The fourth-order valence-electron chi connectivity index (χ4n) is 3.60. The van der Waals surface area contributed by atoms with Gasteiger partial charge in [0.05, 0.1) is 6.04 Å². The van der Waals surface area contributed by atoms with E-state index >= 15 is 0 Å². The number of benzene rings is 2. The highest BCUT2D eigenvalue weighted by molar-refractivity contribution is 6.12. The van der Waals surface area contributed by atoms with Gasteiger partial charge in [0, 0.05) is 12.1 Å². The quantitative estimate of drug-likeness (QED) is 0.715. The van der Waals surface area contributed by atoms with Crippen LogP contribution >= 0.6 is 0 Å². The second kappa shape index (κ2) is 4.17. The lowest BCUT2D eigenvalue weighted by molar-refractivity contribution is 0.0688. The minimum atomic E-state index is 0.132. The molecular weight excluding hydrogens is 234 g/mol. The molecule has 19 heavy (non-hydrogen) atoms. The second-order valence-electron chi connectivity index (χ2n) is 5.67. The lowest BCUT2D eigenvalue weighted by atomic mass is 9.84. The molecule has 1 unspecified atom stereocenters. The summed E-state index contributed by atoms with van der Waals surface area (Å²) < 4.78 is 0. The van der Waals surface area contributed by atoms with Gasteiger partial charge in [0.25, 0.3) is 0 Å². The van der Waals surface area contributed by atoms with Crippen molar-refractivity contribution < 1.29 is 4.79 Å². The molecule has 4 rings (SSSR count). The summed E-state index contributed by atoms with van der Waals surface area (Å²) in [5.41, 5.74) is 2.20. The maximum Gasteiger partial charge on any atom is 0.180 e. The van der Waals surface area contributed by atoms with E-state index in [9.17, 15) is 4.79 Å². The predicted octanol–water partition coefficient (Wildman–Crippen LogP) is 3.39. The van der Waals surface area contributed by atoms with Gasteiger partial charge in [0.15, 0.2) is 5.78 Å². The second-order valence-corrected chi connectivity index (χ2v) is 5.67. The zero-order valence-corrected chi connectivity index (χ0v) is 10.9. The maximum absolute atomic E-state index is 12.8. The molecule has 0 N–H and O–H groups in total. The van der Waals surface area contributed by atoms with E-state index in [1.54, 1.807) is 0 Å². The molecule has 1 fully saturated rings. The molecule has 0 saturated carbocycles. The highest BCUT2D eigenvalue weighted by Crippen LogP contribution is 2.33. The molecule has 2 aromatic carbocycles. The molecule has 96 valence electrons. The number of piperidine rings is 1. The molecule has 1 atom stereocenters. The molecule has 2 aliphatic rings. The third kappa shape index (κ3) is 1.63. The minimum absolute atomic E-state index is 0.132. The number of carbonyl (C=O) groups is 1. The van der Waals surface area contributed by atoms with Crippen molar-refractivity contribution in [2.45, 2.75) is 31.8 Å². The van der Waals surface area contributed by atoms with Gasteiger partial charge in [-0.1, -0.05) is 42.8 Å². The van der Waals surface area contributed by atoms with E-state index in [0.717, 1.165) is 30.5 Å². The first-order valence-corrected chi connectivity index (χ1v) is 7.13. The number of rotatable bonds is 0. The molecule has 2 aliphatic heterocycles. The fraction of sp³-hybridized carbons (Fsp3) is 0.353. The van der Waals surface area contributed by atoms with E-state index in [1.165, 1.54) is 23.8 Å². The van der Waals surface area contributed by atoms with Gasteiger partial charge >= 0.3 is 0 Å². The molecular formula is C17H17NO. The molecule has 2 aromatic rings. The topological polar surface area (TPSA) is 20.3 Å². The van der Waals surface area contributed by atoms with Crippen molar-refractivity contribution in [2.24, 2.45) is 0 Å². The van der Waals surface area contributed by atoms with E-state index in [0.29, 0.717) is 5.78 Å². The summed E-state index contributed by atoms with van der Waals surface area (Å²) in [5.74, 6) is 0.345. The lowest BCUT2D eigenvalue weighted by Gasteiger charge is -2.39. The van der Waals surface area contributed by atoms with Crippen LogP contribution < -0.4 is 0 Å². The highest BCUT2D eigenvalue weighted by atomic mass is 16.1. The fourth-order valence-corrected chi connectivity index (χ4v) is 3.60. The van der Waals surface area contributed by atoms with Crippen molar-refractivity contribution >= 4 is 16.6 Å². The molecule has 2 heterocycles. The van der Waals surface area contributed by atoms with Gasteiger partial charge in [0.2, 0.25) is 0 Å². The summed E-state index contributed by atoms with van der Waals surface area (Å²) in [6, 6.07) is 12.7. The van der Waals surface area contributed by atoms with E-state index in [4.69, 9.17) is 0 Å². The van der Waals surface area contributed by atoms with E-state index in [1.807, 2.05) is 12.1 Å². The van der Waals surface area contributed by atoms with Crippen molar-refractivity contribution in [1.82, 2.24) is 4.90 Å². The van der Waals surface area contributed by atoms with Crippen LogP contribution in [0.1, 0.15) is 35.2 Å². The Hall–Kier alpha value is -1.67. The minimum Gasteiger partial charge on any atom is -0.292 e. The van der Waals surface area contributed by atoms with Gasteiger partial charge < -0.3 is 0 Å².